The third-order valence-electron chi connectivity index (χ3n) is 2.02. The maximum Gasteiger partial charge on any atom is 0.0705 e. The van der Waals surface area contributed by atoms with Crippen molar-refractivity contribution in [1.82, 2.24) is 10.6 Å². The summed E-state index contributed by atoms with van der Waals surface area (Å²) in [6.45, 7) is 1.95. The fourth-order valence-electron chi connectivity index (χ4n) is 1.35. The first-order valence-electron chi connectivity index (χ1n) is 3.90. The van der Waals surface area contributed by atoms with E-state index in [9.17, 15) is 5.11 Å². The highest BCUT2D eigenvalue weighted by atomic mass is 16.3. The predicted octanol–water partition coefficient (Wildman–Crippen LogP) is -0.681. The summed E-state index contributed by atoms with van der Waals surface area (Å²) in [5, 5.41) is 15.6. The van der Waals surface area contributed by atoms with Crippen molar-refractivity contribution in [3.63, 3.8) is 0 Å². The van der Waals surface area contributed by atoms with Crippen LogP contribution < -0.4 is 10.6 Å². The lowest BCUT2D eigenvalue weighted by atomic mass is 10.1. The van der Waals surface area contributed by atoms with Gasteiger partial charge in [-0.25, -0.2) is 0 Å². The van der Waals surface area contributed by atoms with Crippen LogP contribution in [0.4, 0.5) is 0 Å². The Morgan fingerprint density at radius 1 is 1.70 bits per heavy atom. The number of hydrogen-bond acceptors (Lipinski definition) is 3. The van der Waals surface area contributed by atoms with Crippen LogP contribution in [0, 0.1) is 0 Å². The van der Waals surface area contributed by atoms with Crippen LogP contribution in [0.3, 0.4) is 0 Å². The van der Waals surface area contributed by atoms with Gasteiger partial charge >= 0.3 is 0 Å². The second-order valence-electron chi connectivity index (χ2n) is 2.81. The second kappa shape index (κ2) is 3.91. The van der Waals surface area contributed by atoms with Crippen molar-refractivity contribution in [3.8, 4) is 0 Å². The van der Waals surface area contributed by atoms with Crippen LogP contribution in [0.15, 0.2) is 0 Å². The summed E-state index contributed by atoms with van der Waals surface area (Å²) >= 11 is 0. The van der Waals surface area contributed by atoms with Crippen molar-refractivity contribution in [1.29, 1.82) is 0 Å². The van der Waals surface area contributed by atoms with Crippen LogP contribution in [-0.2, 0) is 0 Å². The van der Waals surface area contributed by atoms with Gasteiger partial charge in [0.05, 0.1) is 6.10 Å². The molecule has 1 aliphatic rings. The van der Waals surface area contributed by atoms with Crippen molar-refractivity contribution < 1.29 is 5.11 Å². The van der Waals surface area contributed by atoms with Gasteiger partial charge in [-0.15, -0.1) is 0 Å². The van der Waals surface area contributed by atoms with Gasteiger partial charge < -0.3 is 15.7 Å². The third kappa shape index (κ3) is 1.94. The molecule has 60 valence electrons. The first-order valence-corrected chi connectivity index (χ1v) is 3.90. The Balaban J connectivity index is 2.14. The molecule has 0 amide bonds. The maximum absolute atomic E-state index is 9.33. The van der Waals surface area contributed by atoms with E-state index in [1.807, 2.05) is 7.05 Å². The van der Waals surface area contributed by atoms with Crippen LogP contribution in [0.5, 0.6) is 0 Å². The van der Waals surface area contributed by atoms with E-state index in [1.54, 1.807) is 0 Å². The zero-order valence-electron chi connectivity index (χ0n) is 6.43. The van der Waals surface area contributed by atoms with Gasteiger partial charge in [0, 0.05) is 6.04 Å². The molecule has 2 unspecified atom stereocenters. The van der Waals surface area contributed by atoms with E-state index < -0.39 is 0 Å². The highest BCUT2D eigenvalue weighted by molar-refractivity contribution is 4.83. The van der Waals surface area contributed by atoms with E-state index in [2.05, 4.69) is 10.6 Å². The monoisotopic (exact) mass is 144 g/mol. The maximum atomic E-state index is 9.33. The van der Waals surface area contributed by atoms with Gasteiger partial charge in [0.25, 0.3) is 0 Å². The summed E-state index contributed by atoms with van der Waals surface area (Å²) in [6.07, 6.45) is 1.82. The molecule has 0 aliphatic carbocycles. The molecule has 2 atom stereocenters. The molecular weight excluding hydrogens is 128 g/mol. The average Bonchev–Trinajstić information content (AvgIpc) is 2.31. The molecule has 1 saturated heterocycles. The first-order chi connectivity index (χ1) is 4.84. The largest absolute Gasteiger partial charge is 0.391 e. The second-order valence-corrected chi connectivity index (χ2v) is 2.81. The lowest BCUT2D eigenvalue weighted by molar-refractivity contribution is 0.155. The van der Waals surface area contributed by atoms with Crippen molar-refractivity contribution >= 4 is 0 Å². The number of rotatable bonds is 3. The Hall–Kier alpha value is -0.120. The zero-order chi connectivity index (χ0) is 7.40. The van der Waals surface area contributed by atoms with Crippen LogP contribution in [-0.4, -0.2) is 37.4 Å². The van der Waals surface area contributed by atoms with E-state index in [0.29, 0.717) is 6.04 Å². The molecule has 0 aromatic rings. The number of nitrogens with one attached hydrogen (secondary N) is 2. The molecule has 1 aliphatic heterocycles. The third-order valence-corrected chi connectivity index (χ3v) is 2.02. The van der Waals surface area contributed by atoms with Gasteiger partial charge in [-0.1, -0.05) is 0 Å². The molecule has 0 saturated carbocycles. The molecule has 0 radical (unpaired) electrons. The van der Waals surface area contributed by atoms with Crippen molar-refractivity contribution in [2.75, 3.05) is 20.1 Å². The molecule has 3 N–H and O–H groups in total. The van der Waals surface area contributed by atoms with E-state index in [-0.39, 0.29) is 6.10 Å². The summed E-state index contributed by atoms with van der Waals surface area (Å²) in [6, 6.07) is 0.326. The topological polar surface area (TPSA) is 44.3 Å². The summed E-state index contributed by atoms with van der Waals surface area (Å²) in [5.74, 6) is 0. The fraction of sp³-hybridized carbons (Fsp3) is 1.00. The van der Waals surface area contributed by atoms with Crippen molar-refractivity contribution in [2.24, 2.45) is 0 Å². The summed E-state index contributed by atoms with van der Waals surface area (Å²) < 4.78 is 0. The summed E-state index contributed by atoms with van der Waals surface area (Å²) in [5.41, 5.74) is 0. The predicted molar refractivity (Wildman–Crippen MR) is 41.0 cm³/mol. The minimum atomic E-state index is -0.117. The molecule has 0 spiro atoms. The molecule has 1 rings (SSSR count). The normalized spacial score (nSPS) is 33.0. The van der Waals surface area contributed by atoms with Gasteiger partial charge in [0.15, 0.2) is 0 Å². The van der Waals surface area contributed by atoms with Gasteiger partial charge in [-0.2, -0.15) is 0 Å². The zero-order valence-corrected chi connectivity index (χ0v) is 6.43. The molecule has 10 heavy (non-hydrogen) atoms. The molecule has 0 aromatic heterocycles. The van der Waals surface area contributed by atoms with Crippen molar-refractivity contribution in [2.45, 2.75) is 25.0 Å². The van der Waals surface area contributed by atoms with Gasteiger partial charge in [-0.05, 0) is 33.0 Å². The van der Waals surface area contributed by atoms with Crippen LogP contribution in [0.1, 0.15) is 12.8 Å². The van der Waals surface area contributed by atoms with E-state index in [1.165, 1.54) is 0 Å². The molecule has 1 fully saturated rings. The summed E-state index contributed by atoms with van der Waals surface area (Å²) in [4.78, 5) is 0. The molecular formula is C7H16N2O. The lowest BCUT2D eigenvalue weighted by Gasteiger charge is -2.13. The SMILES string of the molecule is CNCCC1NCCC1O. The number of aliphatic hydroxyl groups is 1. The number of aliphatic hydroxyl groups excluding tert-OH is 1. The standard InChI is InChI=1S/C7H16N2O/c1-8-4-2-6-7(10)3-5-9-6/h6-10H,2-5H2,1H3. The minimum absolute atomic E-state index is 0.117. The Labute approximate surface area is 61.8 Å². The highest BCUT2D eigenvalue weighted by Crippen LogP contribution is 2.08. The smallest absolute Gasteiger partial charge is 0.0705 e. The van der Waals surface area contributed by atoms with E-state index >= 15 is 0 Å². The Kier molecular flexibility index (Phi) is 3.12. The molecule has 0 bridgehead atoms. The van der Waals surface area contributed by atoms with Crippen LogP contribution in [0.2, 0.25) is 0 Å². The Morgan fingerprint density at radius 2 is 2.50 bits per heavy atom. The lowest BCUT2D eigenvalue weighted by Crippen LogP contribution is -2.32. The number of hydrogen-bond donors (Lipinski definition) is 3. The van der Waals surface area contributed by atoms with Crippen LogP contribution in [0.25, 0.3) is 0 Å². The van der Waals surface area contributed by atoms with Crippen LogP contribution >= 0.6 is 0 Å². The minimum Gasteiger partial charge on any atom is -0.391 e. The van der Waals surface area contributed by atoms with Gasteiger partial charge in [-0.3, -0.25) is 0 Å². The van der Waals surface area contributed by atoms with Gasteiger partial charge in [0.2, 0.25) is 0 Å². The molecule has 1 heterocycles. The fourth-order valence-corrected chi connectivity index (χ4v) is 1.35. The molecule has 0 aromatic carbocycles. The first kappa shape index (κ1) is 7.98. The molecule has 3 heteroatoms. The van der Waals surface area contributed by atoms with Gasteiger partial charge in [0.1, 0.15) is 0 Å². The van der Waals surface area contributed by atoms with Crippen molar-refractivity contribution in [3.05, 3.63) is 0 Å². The molecule has 3 nitrogen and oxygen atoms in total. The highest BCUT2D eigenvalue weighted by Gasteiger charge is 2.23. The Bertz CT molecular complexity index is 97.6. The quantitative estimate of drug-likeness (QED) is 0.491. The summed E-state index contributed by atoms with van der Waals surface area (Å²) in [7, 11) is 1.93. The van der Waals surface area contributed by atoms with E-state index in [0.717, 1.165) is 25.9 Å². The Morgan fingerprint density at radius 3 is 3.00 bits per heavy atom. The van der Waals surface area contributed by atoms with E-state index in [4.69, 9.17) is 0 Å². The average molecular weight is 144 g/mol.